The fourth-order valence-electron chi connectivity index (χ4n) is 2.04. The number of carbonyl (C=O) groups is 4. The molecule has 24 heavy (non-hydrogen) atoms. The molecule has 1 aromatic heterocycles. The largest absolute Gasteiger partial charge is 0.370 e. The molecule has 1 aromatic rings. The van der Waals surface area contributed by atoms with Crippen LogP contribution in [0, 0.1) is 0 Å². The maximum Gasteiger partial charge on any atom is 0.245 e. The SMILES string of the molecule is CN(CC(N)=O)C(=O)C(Cc1cccnc1)NC(=O)CCC(N)=O. The molecule has 1 rings (SSSR count). The van der Waals surface area contributed by atoms with Gasteiger partial charge in [0.15, 0.2) is 0 Å². The van der Waals surface area contributed by atoms with E-state index in [1.807, 2.05) is 0 Å². The monoisotopic (exact) mass is 335 g/mol. The molecule has 1 heterocycles. The van der Waals surface area contributed by atoms with Gasteiger partial charge < -0.3 is 21.7 Å². The Bertz CT molecular complexity index is 605. The minimum atomic E-state index is -0.904. The van der Waals surface area contributed by atoms with Crippen molar-refractivity contribution in [2.24, 2.45) is 11.5 Å². The summed E-state index contributed by atoms with van der Waals surface area (Å²) in [6.07, 6.45) is 3.12. The molecule has 0 saturated carbocycles. The molecule has 0 fully saturated rings. The Balaban J connectivity index is 2.81. The number of hydrogen-bond acceptors (Lipinski definition) is 5. The molecule has 9 nitrogen and oxygen atoms in total. The minimum absolute atomic E-state index is 0.114. The van der Waals surface area contributed by atoms with Crippen molar-refractivity contribution < 1.29 is 19.2 Å². The molecular formula is C15H21N5O4. The molecule has 0 saturated heterocycles. The summed E-state index contributed by atoms with van der Waals surface area (Å²) < 4.78 is 0. The zero-order valence-electron chi connectivity index (χ0n) is 13.4. The van der Waals surface area contributed by atoms with E-state index in [9.17, 15) is 19.2 Å². The molecule has 4 amide bonds. The standard InChI is InChI=1S/C15H21N5O4/c1-20(9-13(17)22)15(24)11(7-10-3-2-6-18-8-10)19-14(23)5-4-12(16)21/h2-3,6,8,11H,4-5,7,9H2,1H3,(H2,16,21)(H2,17,22)(H,19,23). The van der Waals surface area contributed by atoms with Crippen LogP contribution in [0.4, 0.5) is 0 Å². The number of nitrogens with one attached hydrogen (secondary N) is 1. The summed E-state index contributed by atoms with van der Waals surface area (Å²) in [6.45, 7) is -0.264. The summed E-state index contributed by atoms with van der Waals surface area (Å²) >= 11 is 0. The van der Waals surface area contributed by atoms with Gasteiger partial charge in [0.2, 0.25) is 23.6 Å². The van der Waals surface area contributed by atoms with Crippen molar-refractivity contribution in [1.29, 1.82) is 0 Å². The van der Waals surface area contributed by atoms with Crippen LogP contribution in [-0.4, -0.2) is 53.1 Å². The average Bonchev–Trinajstić information content (AvgIpc) is 2.52. The van der Waals surface area contributed by atoms with Gasteiger partial charge in [-0.25, -0.2) is 0 Å². The van der Waals surface area contributed by atoms with Gasteiger partial charge in [-0.05, 0) is 11.6 Å². The van der Waals surface area contributed by atoms with E-state index >= 15 is 0 Å². The van der Waals surface area contributed by atoms with Crippen molar-refractivity contribution in [1.82, 2.24) is 15.2 Å². The zero-order valence-corrected chi connectivity index (χ0v) is 13.4. The lowest BCUT2D eigenvalue weighted by atomic mass is 10.1. The van der Waals surface area contributed by atoms with Crippen LogP contribution in [0.1, 0.15) is 18.4 Å². The van der Waals surface area contributed by atoms with E-state index < -0.39 is 29.7 Å². The van der Waals surface area contributed by atoms with Crippen LogP contribution in [0.3, 0.4) is 0 Å². The second kappa shape index (κ2) is 9.23. The Hall–Kier alpha value is -2.97. The van der Waals surface area contributed by atoms with E-state index in [2.05, 4.69) is 10.3 Å². The van der Waals surface area contributed by atoms with Gasteiger partial charge in [0.1, 0.15) is 6.04 Å². The lowest BCUT2D eigenvalue weighted by molar-refractivity contribution is -0.137. The smallest absolute Gasteiger partial charge is 0.245 e. The van der Waals surface area contributed by atoms with Gasteiger partial charge in [-0.1, -0.05) is 6.07 Å². The number of pyridine rings is 1. The summed E-state index contributed by atoms with van der Waals surface area (Å²) in [5.41, 5.74) is 10.8. The molecule has 0 spiro atoms. The van der Waals surface area contributed by atoms with Crippen molar-refractivity contribution in [2.45, 2.75) is 25.3 Å². The number of hydrogen-bond donors (Lipinski definition) is 3. The van der Waals surface area contributed by atoms with Gasteiger partial charge in [0, 0.05) is 38.7 Å². The van der Waals surface area contributed by atoms with E-state index in [1.54, 1.807) is 24.5 Å². The third-order valence-corrected chi connectivity index (χ3v) is 3.16. The Morgan fingerprint density at radius 1 is 1.21 bits per heavy atom. The number of nitrogens with zero attached hydrogens (tertiary/aromatic N) is 2. The van der Waals surface area contributed by atoms with Gasteiger partial charge in [-0.3, -0.25) is 24.2 Å². The Kier molecular flexibility index (Phi) is 7.34. The molecule has 130 valence electrons. The first-order valence-corrected chi connectivity index (χ1v) is 7.29. The quantitative estimate of drug-likeness (QED) is 0.493. The van der Waals surface area contributed by atoms with Gasteiger partial charge in [-0.2, -0.15) is 0 Å². The van der Waals surface area contributed by atoms with Crippen LogP contribution >= 0.6 is 0 Å². The van der Waals surface area contributed by atoms with E-state index in [4.69, 9.17) is 11.5 Å². The molecule has 5 N–H and O–H groups in total. The van der Waals surface area contributed by atoms with Crippen molar-refractivity contribution >= 4 is 23.6 Å². The number of likely N-dealkylation sites (N-methyl/N-ethyl adjacent to an activating group) is 1. The van der Waals surface area contributed by atoms with E-state index in [-0.39, 0.29) is 25.8 Å². The van der Waals surface area contributed by atoms with E-state index in [1.165, 1.54) is 7.05 Å². The van der Waals surface area contributed by atoms with Crippen molar-refractivity contribution in [2.75, 3.05) is 13.6 Å². The average molecular weight is 335 g/mol. The number of rotatable bonds is 9. The molecule has 0 aliphatic rings. The fourth-order valence-corrected chi connectivity index (χ4v) is 2.04. The summed E-state index contributed by atoms with van der Waals surface area (Å²) in [5.74, 6) is -2.22. The maximum atomic E-state index is 12.4. The maximum absolute atomic E-state index is 12.4. The lowest BCUT2D eigenvalue weighted by Gasteiger charge is -2.23. The third-order valence-electron chi connectivity index (χ3n) is 3.16. The highest BCUT2D eigenvalue weighted by atomic mass is 16.2. The van der Waals surface area contributed by atoms with Crippen LogP contribution < -0.4 is 16.8 Å². The van der Waals surface area contributed by atoms with Crippen LogP contribution in [0.25, 0.3) is 0 Å². The first-order valence-electron chi connectivity index (χ1n) is 7.29. The van der Waals surface area contributed by atoms with E-state index in [0.717, 1.165) is 10.5 Å². The summed E-state index contributed by atoms with van der Waals surface area (Å²) in [6, 6.07) is 2.56. The fraction of sp³-hybridized carbons (Fsp3) is 0.400. The number of aromatic nitrogens is 1. The van der Waals surface area contributed by atoms with Gasteiger partial charge in [0.25, 0.3) is 0 Å². The normalized spacial score (nSPS) is 11.4. The van der Waals surface area contributed by atoms with Crippen LogP contribution in [0.5, 0.6) is 0 Å². The minimum Gasteiger partial charge on any atom is -0.370 e. The predicted molar refractivity (Wildman–Crippen MR) is 85.1 cm³/mol. The van der Waals surface area contributed by atoms with Gasteiger partial charge in [0.05, 0.1) is 6.54 Å². The molecular weight excluding hydrogens is 314 g/mol. The van der Waals surface area contributed by atoms with Crippen molar-refractivity contribution in [3.8, 4) is 0 Å². The molecule has 0 radical (unpaired) electrons. The first-order chi connectivity index (χ1) is 11.3. The van der Waals surface area contributed by atoms with Crippen LogP contribution in [0.2, 0.25) is 0 Å². The topological polar surface area (TPSA) is 148 Å². The second-order valence-corrected chi connectivity index (χ2v) is 5.31. The van der Waals surface area contributed by atoms with Crippen molar-refractivity contribution in [3.05, 3.63) is 30.1 Å². The highest BCUT2D eigenvalue weighted by Crippen LogP contribution is 2.05. The second-order valence-electron chi connectivity index (χ2n) is 5.31. The van der Waals surface area contributed by atoms with E-state index in [0.29, 0.717) is 0 Å². The molecule has 0 aromatic carbocycles. The molecule has 9 heteroatoms. The third kappa shape index (κ3) is 6.86. The summed E-state index contributed by atoms with van der Waals surface area (Å²) in [7, 11) is 1.42. The molecule has 0 bridgehead atoms. The number of amides is 4. The summed E-state index contributed by atoms with van der Waals surface area (Å²) in [5, 5.41) is 2.56. The first kappa shape index (κ1) is 19.1. The Morgan fingerprint density at radius 2 is 1.92 bits per heavy atom. The Labute approximate surface area is 139 Å². The molecule has 1 atom stereocenters. The Morgan fingerprint density at radius 3 is 2.46 bits per heavy atom. The highest BCUT2D eigenvalue weighted by molar-refractivity contribution is 5.91. The highest BCUT2D eigenvalue weighted by Gasteiger charge is 2.25. The summed E-state index contributed by atoms with van der Waals surface area (Å²) in [4.78, 5) is 51.2. The molecule has 1 unspecified atom stereocenters. The van der Waals surface area contributed by atoms with Gasteiger partial charge in [-0.15, -0.1) is 0 Å². The predicted octanol–water partition coefficient (Wildman–Crippen LogP) is -1.68. The zero-order chi connectivity index (χ0) is 18.1. The number of primary amides is 2. The van der Waals surface area contributed by atoms with Crippen LogP contribution in [-0.2, 0) is 25.6 Å². The van der Waals surface area contributed by atoms with Crippen LogP contribution in [0.15, 0.2) is 24.5 Å². The number of carbonyl (C=O) groups excluding carboxylic acids is 4. The van der Waals surface area contributed by atoms with Crippen molar-refractivity contribution in [3.63, 3.8) is 0 Å². The lowest BCUT2D eigenvalue weighted by Crippen LogP contribution is -2.50. The molecule has 0 aliphatic heterocycles. The van der Waals surface area contributed by atoms with Gasteiger partial charge >= 0.3 is 0 Å². The molecule has 0 aliphatic carbocycles. The number of nitrogens with two attached hydrogens (primary N) is 2.